The van der Waals surface area contributed by atoms with Gasteiger partial charge < -0.3 is 9.30 Å². The largest absolute Gasteiger partial charge is 0.471 e. The minimum absolute atomic E-state index is 0.395. The van der Waals surface area contributed by atoms with E-state index >= 15 is 0 Å². The molecule has 0 fully saturated rings. The van der Waals surface area contributed by atoms with Crippen molar-refractivity contribution in [2.75, 3.05) is 0 Å². The number of rotatable bonds is 0. The predicted molar refractivity (Wildman–Crippen MR) is 123 cm³/mol. The molecule has 0 saturated carbocycles. The number of hydrogen-bond donors (Lipinski definition) is 0. The van der Waals surface area contributed by atoms with Crippen LogP contribution in [-0.2, 0) is 11.2 Å². The number of ether oxygens (including phenoxy) is 1. The zero-order valence-electron chi connectivity index (χ0n) is 16.8. The maximum atomic E-state index is 9.19. The average Bonchev–Trinajstić information content (AvgIpc) is 3.24. The maximum Gasteiger partial charge on any atom is 0.108 e. The van der Waals surface area contributed by atoms with Gasteiger partial charge in [-0.1, -0.05) is 36.4 Å². The van der Waals surface area contributed by atoms with Gasteiger partial charge in [0, 0.05) is 48.3 Å². The van der Waals surface area contributed by atoms with Crippen LogP contribution in [0.1, 0.15) is 5.69 Å². The number of benzene rings is 1. The highest BCUT2D eigenvalue weighted by molar-refractivity contribution is 5.64. The lowest BCUT2D eigenvalue weighted by Gasteiger charge is -1.97. The highest BCUT2D eigenvalue weighted by Crippen LogP contribution is 2.02. The monoisotopic (exact) mass is 407 g/mol. The first kappa shape index (κ1) is 21.2. The molecule has 0 amide bonds. The Hall–Kier alpha value is -4.50. The van der Waals surface area contributed by atoms with Crippen LogP contribution in [0.5, 0.6) is 0 Å². The summed E-state index contributed by atoms with van der Waals surface area (Å²) in [4.78, 5) is 13.1. The van der Waals surface area contributed by atoms with Crippen LogP contribution in [0.2, 0.25) is 0 Å². The molecule has 0 aliphatic carbocycles. The third kappa shape index (κ3) is 7.11. The van der Waals surface area contributed by atoms with E-state index in [1.54, 1.807) is 43.2 Å². The first-order valence-electron chi connectivity index (χ1n) is 9.61. The van der Waals surface area contributed by atoms with Crippen molar-refractivity contribution in [1.29, 1.82) is 5.26 Å². The predicted octanol–water partition coefficient (Wildman–Crippen LogP) is 3.60. The van der Waals surface area contributed by atoms with Gasteiger partial charge in [-0.15, -0.1) is 0 Å². The number of aromatic nitrogens is 2. The molecule has 6 nitrogen and oxygen atoms in total. The summed E-state index contributed by atoms with van der Waals surface area (Å²) in [6.07, 6.45) is 26.7. The lowest BCUT2D eigenvalue weighted by molar-refractivity contribution is 0.401. The van der Waals surface area contributed by atoms with Crippen LogP contribution in [0.4, 0.5) is 0 Å². The quantitative estimate of drug-likeness (QED) is 0.670. The number of para-hydroxylation sites is 1. The van der Waals surface area contributed by atoms with Crippen LogP contribution in [0.3, 0.4) is 0 Å². The lowest BCUT2D eigenvalue weighted by atomic mass is 10.3. The first-order valence-corrected chi connectivity index (χ1v) is 9.61. The Balaban J connectivity index is 1.91. The first-order chi connectivity index (χ1) is 15.4. The van der Waals surface area contributed by atoms with E-state index in [0.717, 1.165) is 16.3 Å². The standard InChI is InChI=1S/C25H21N5O/c26-17-22-9-5-7-15-30-21-28-19-24(30)12-14-27-18-23-10-3-4-11-25(23)29-13-6-1-2-8-16-31-20-22/h1-11,13-16,18-21H,12H2/b2-1-,9-5+,13-6+,15-7-,16-8+,22-20-,23-18+,27-14-,29-25+. The Kier molecular flexibility index (Phi) is 8.31. The number of allylic oxidation sites excluding steroid dienone is 8. The molecule has 0 unspecified atom stereocenters. The normalized spacial score (nSPS) is 24.5. The molecule has 0 bridgehead atoms. The molecule has 0 atom stereocenters. The molecule has 6 heteroatoms. The minimum Gasteiger partial charge on any atom is -0.471 e. The molecule has 1 aliphatic rings. The Labute approximate surface area is 180 Å². The van der Waals surface area contributed by atoms with Crippen molar-refractivity contribution in [1.82, 2.24) is 9.55 Å². The van der Waals surface area contributed by atoms with Crippen LogP contribution in [0.15, 0.2) is 114 Å². The summed E-state index contributed by atoms with van der Waals surface area (Å²) >= 11 is 0. The van der Waals surface area contributed by atoms with E-state index in [4.69, 9.17) is 4.74 Å². The van der Waals surface area contributed by atoms with Crippen molar-refractivity contribution in [3.8, 4) is 6.07 Å². The van der Waals surface area contributed by atoms with Crippen LogP contribution < -0.4 is 10.6 Å². The van der Waals surface area contributed by atoms with E-state index in [1.807, 2.05) is 65.6 Å². The van der Waals surface area contributed by atoms with E-state index in [2.05, 4.69) is 21.0 Å². The molecule has 2 heterocycles. The molecule has 0 saturated heterocycles. The Morgan fingerprint density at radius 1 is 1.03 bits per heavy atom. The summed E-state index contributed by atoms with van der Waals surface area (Å²) in [6, 6.07) is 9.88. The van der Waals surface area contributed by atoms with Crippen LogP contribution in [0, 0.1) is 11.3 Å². The van der Waals surface area contributed by atoms with Crippen LogP contribution in [0.25, 0.3) is 12.4 Å². The summed E-state index contributed by atoms with van der Waals surface area (Å²) in [5.74, 6) is 0. The fourth-order valence-corrected chi connectivity index (χ4v) is 2.53. The summed E-state index contributed by atoms with van der Waals surface area (Å²) in [7, 11) is 0. The number of nitriles is 1. The molecule has 1 aromatic carbocycles. The summed E-state index contributed by atoms with van der Waals surface area (Å²) < 4.78 is 7.17. The van der Waals surface area contributed by atoms with Crippen molar-refractivity contribution in [3.63, 3.8) is 0 Å². The molecule has 0 radical (unpaired) electrons. The highest BCUT2D eigenvalue weighted by atomic mass is 16.5. The van der Waals surface area contributed by atoms with E-state index in [9.17, 15) is 5.26 Å². The van der Waals surface area contributed by atoms with E-state index in [0.29, 0.717) is 12.0 Å². The Morgan fingerprint density at radius 2 is 1.94 bits per heavy atom. The van der Waals surface area contributed by atoms with Crippen molar-refractivity contribution >= 4 is 18.6 Å². The summed E-state index contributed by atoms with van der Waals surface area (Å²) in [5.41, 5.74) is 1.38. The van der Waals surface area contributed by atoms with Gasteiger partial charge in [0.05, 0.1) is 23.5 Å². The topological polar surface area (TPSA) is 75.6 Å². The van der Waals surface area contributed by atoms with Crippen molar-refractivity contribution in [2.24, 2.45) is 9.98 Å². The van der Waals surface area contributed by atoms with Gasteiger partial charge in [-0.25, -0.2) is 4.98 Å². The zero-order chi connectivity index (χ0) is 21.6. The fraction of sp³-hybridized carbons (Fsp3) is 0.0400. The van der Waals surface area contributed by atoms with Crippen LogP contribution >= 0.6 is 0 Å². The highest BCUT2D eigenvalue weighted by Gasteiger charge is 1.96. The van der Waals surface area contributed by atoms with Crippen molar-refractivity contribution in [3.05, 3.63) is 120 Å². The Bertz CT molecular complexity index is 1250. The number of aliphatic imine (C=N–C) groups is 1. The molecule has 2 aromatic rings. The number of hydrogen-bond acceptors (Lipinski definition) is 5. The van der Waals surface area contributed by atoms with Gasteiger partial charge in [-0.05, 0) is 30.4 Å². The van der Waals surface area contributed by atoms with Gasteiger partial charge >= 0.3 is 0 Å². The molecule has 3 rings (SSSR count). The number of fused-ring (bicyclic) bond motifs is 2. The van der Waals surface area contributed by atoms with Gasteiger partial charge in [0.1, 0.15) is 12.3 Å². The van der Waals surface area contributed by atoms with E-state index in [1.165, 1.54) is 12.5 Å². The van der Waals surface area contributed by atoms with Crippen molar-refractivity contribution in [2.45, 2.75) is 6.42 Å². The molecule has 31 heavy (non-hydrogen) atoms. The number of imidazole rings is 1. The van der Waals surface area contributed by atoms with Gasteiger partial charge in [0.15, 0.2) is 0 Å². The van der Waals surface area contributed by atoms with Gasteiger partial charge in [-0.3, -0.25) is 9.98 Å². The molecular formula is C25H21N5O. The van der Waals surface area contributed by atoms with Crippen LogP contribution in [-0.4, -0.2) is 15.8 Å². The van der Waals surface area contributed by atoms with E-state index in [-0.39, 0.29) is 0 Å². The second kappa shape index (κ2) is 12.1. The second-order valence-electron chi connectivity index (χ2n) is 6.22. The van der Waals surface area contributed by atoms with Gasteiger partial charge in [0.25, 0.3) is 0 Å². The molecular weight excluding hydrogens is 386 g/mol. The molecule has 1 aromatic heterocycles. The average molecular weight is 407 g/mol. The molecule has 1 aliphatic heterocycles. The fourth-order valence-electron chi connectivity index (χ4n) is 2.53. The smallest absolute Gasteiger partial charge is 0.108 e. The lowest BCUT2D eigenvalue weighted by Crippen LogP contribution is -2.23. The number of nitrogens with zero attached hydrogens (tertiary/aromatic N) is 5. The molecule has 0 spiro atoms. The molecule has 152 valence electrons. The third-order valence-electron chi connectivity index (χ3n) is 4.05. The minimum atomic E-state index is 0.395. The summed E-state index contributed by atoms with van der Waals surface area (Å²) in [6.45, 7) is 0. The third-order valence-corrected chi connectivity index (χ3v) is 4.05. The van der Waals surface area contributed by atoms with Gasteiger partial charge in [-0.2, -0.15) is 5.26 Å². The maximum absolute atomic E-state index is 9.19. The SMILES string of the molecule is N#CC1=C/O/C=C/C=C\C=C\N=c2/cccc/c2=C\N=C/Cc2cncn2\C=C/C=C/1. The van der Waals surface area contributed by atoms with E-state index < -0.39 is 0 Å². The summed E-state index contributed by atoms with van der Waals surface area (Å²) in [5, 5.41) is 10.9. The Morgan fingerprint density at radius 3 is 2.87 bits per heavy atom. The molecule has 0 N–H and O–H groups in total. The zero-order valence-corrected chi connectivity index (χ0v) is 16.8. The second-order valence-corrected chi connectivity index (χ2v) is 6.22. The van der Waals surface area contributed by atoms with Gasteiger partial charge in [0.2, 0.25) is 0 Å². The van der Waals surface area contributed by atoms with Crippen molar-refractivity contribution < 1.29 is 4.74 Å².